The van der Waals surface area contributed by atoms with Crippen molar-refractivity contribution in [3.63, 3.8) is 0 Å². The molecule has 0 heterocycles. The van der Waals surface area contributed by atoms with E-state index in [-0.39, 0.29) is 5.57 Å². The molecule has 0 aliphatic rings. The lowest BCUT2D eigenvalue weighted by molar-refractivity contribution is -0.135. The lowest BCUT2D eigenvalue weighted by Gasteiger charge is -2.06. The summed E-state index contributed by atoms with van der Waals surface area (Å²) in [7, 11) is 1.20. The Bertz CT molecular complexity index is 852. The van der Waals surface area contributed by atoms with Crippen molar-refractivity contribution in [3.8, 4) is 11.8 Å². The van der Waals surface area contributed by atoms with Gasteiger partial charge in [-0.3, -0.25) is 0 Å². The van der Waals surface area contributed by atoms with Crippen LogP contribution >= 0.6 is 15.9 Å². The first-order valence-corrected chi connectivity index (χ1v) is 7.60. The molecule has 5 nitrogen and oxygen atoms in total. The van der Waals surface area contributed by atoms with E-state index in [1.807, 2.05) is 0 Å². The first kappa shape index (κ1) is 17.4. The Labute approximate surface area is 147 Å². The maximum absolute atomic E-state index is 12.1. The van der Waals surface area contributed by atoms with Gasteiger partial charge in [0.1, 0.15) is 17.4 Å². The summed E-state index contributed by atoms with van der Waals surface area (Å²) in [6.07, 6.45) is 1.36. The Morgan fingerprint density at radius 3 is 2.58 bits per heavy atom. The zero-order valence-electron chi connectivity index (χ0n) is 12.7. The Balaban J connectivity index is 2.22. The predicted molar refractivity (Wildman–Crippen MR) is 91.1 cm³/mol. The molecule has 120 valence electrons. The third-order valence-corrected chi connectivity index (χ3v) is 3.46. The maximum atomic E-state index is 12.1. The second-order valence-corrected chi connectivity index (χ2v) is 5.55. The highest BCUT2D eigenvalue weighted by Crippen LogP contribution is 2.19. The Kier molecular flexibility index (Phi) is 5.88. The number of ether oxygens (including phenoxy) is 2. The molecule has 0 aliphatic heterocycles. The van der Waals surface area contributed by atoms with Crippen molar-refractivity contribution in [2.24, 2.45) is 0 Å². The maximum Gasteiger partial charge on any atom is 0.348 e. The van der Waals surface area contributed by atoms with E-state index in [4.69, 9.17) is 10.00 Å². The molecule has 2 rings (SSSR count). The van der Waals surface area contributed by atoms with Gasteiger partial charge in [-0.05, 0) is 42.0 Å². The third-order valence-electron chi connectivity index (χ3n) is 2.97. The molecule has 0 bridgehead atoms. The van der Waals surface area contributed by atoms with E-state index in [0.29, 0.717) is 16.9 Å². The van der Waals surface area contributed by atoms with Crippen molar-refractivity contribution in [1.82, 2.24) is 0 Å². The van der Waals surface area contributed by atoms with Gasteiger partial charge >= 0.3 is 11.9 Å². The molecule has 0 radical (unpaired) electrons. The van der Waals surface area contributed by atoms with Gasteiger partial charge in [-0.25, -0.2) is 9.59 Å². The molecule has 0 spiro atoms. The van der Waals surface area contributed by atoms with Crippen LogP contribution in [0.3, 0.4) is 0 Å². The number of nitrogens with zero attached hydrogens (tertiary/aromatic N) is 1. The fourth-order valence-electron chi connectivity index (χ4n) is 1.86. The molecule has 0 fully saturated rings. The summed E-state index contributed by atoms with van der Waals surface area (Å²) in [6.45, 7) is 0. The second-order valence-electron chi connectivity index (χ2n) is 4.63. The molecule has 6 heteroatoms. The zero-order valence-corrected chi connectivity index (χ0v) is 14.2. The lowest BCUT2D eigenvalue weighted by Crippen LogP contribution is -2.08. The highest BCUT2D eigenvalue weighted by atomic mass is 79.9. The quantitative estimate of drug-likeness (QED) is 0.346. The van der Waals surface area contributed by atoms with E-state index in [2.05, 4.69) is 20.7 Å². The van der Waals surface area contributed by atoms with Crippen LogP contribution in [0.1, 0.15) is 15.9 Å². The van der Waals surface area contributed by atoms with E-state index >= 15 is 0 Å². The molecule has 0 aromatic heterocycles. The summed E-state index contributed by atoms with van der Waals surface area (Å²) in [6, 6.07) is 15.1. The molecule has 0 unspecified atom stereocenters. The van der Waals surface area contributed by atoms with Gasteiger partial charge in [0.05, 0.1) is 12.7 Å². The Morgan fingerprint density at radius 2 is 1.92 bits per heavy atom. The lowest BCUT2D eigenvalue weighted by atomic mass is 10.1. The predicted octanol–water partition coefficient (Wildman–Crippen LogP) is 3.75. The van der Waals surface area contributed by atoms with Crippen LogP contribution in [-0.4, -0.2) is 19.0 Å². The van der Waals surface area contributed by atoms with E-state index in [1.165, 1.54) is 13.2 Å². The summed E-state index contributed by atoms with van der Waals surface area (Å²) in [5.41, 5.74) is 0.794. The number of hydrogen-bond acceptors (Lipinski definition) is 5. The van der Waals surface area contributed by atoms with E-state index in [0.717, 1.165) is 4.47 Å². The number of halogens is 1. The number of rotatable bonds is 4. The summed E-state index contributed by atoms with van der Waals surface area (Å²) < 4.78 is 10.6. The molecule has 24 heavy (non-hydrogen) atoms. The average Bonchev–Trinajstić information content (AvgIpc) is 2.59. The minimum absolute atomic E-state index is 0.145. The van der Waals surface area contributed by atoms with Crippen molar-refractivity contribution in [2.45, 2.75) is 0 Å². The molecular formula is C18H12BrNO4. The molecule has 2 aromatic rings. The van der Waals surface area contributed by atoms with Crippen molar-refractivity contribution in [3.05, 3.63) is 69.7 Å². The fourth-order valence-corrected chi connectivity index (χ4v) is 2.26. The molecule has 0 aliphatic carbocycles. The summed E-state index contributed by atoms with van der Waals surface area (Å²) >= 11 is 3.29. The molecule has 0 atom stereocenters. The second kappa shape index (κ2) is 8.09. The topological polar surface area (TPSA) is 76.4 Å². The Hall–Kier alpha value is -2.91. The van der Waals surface area contributed by atoms with Gasteiger partial charge in [0.2, 0.25) is 0 Å². The summed E-state index contributed by atoms with van der Waals surface area (Å²) in [4.78, 5) is 23.5. The standard InChI is InChI=1S/C18H12BrNO4/c1-23-17(21)14(11-20)8-12-4-2-7-16(9-12)24-18(22)13-5-3-6-15(19)10-13/h2-10H,1H3/b14-8+. The van der Waals surface area contributed by atoms with Crippen LogP contribution in [0, 0.1) is 11.3 Å². The minimum atomic E-state index is -0.728. The monoisotopic (exact) mass is 385 g/mol. The van der Waals surface area contributed by atoms with Crippen molar-refractivity contribution in [2.75, 3.05) is 7.11 Å². The third kappa shape index (κ3) is 4.54. The number of carbonyl (C=O) groups is 2. The number of methoxy groups -OCH3 is 1. The van der Waals surface area contributed by atoms with E-state index < -0.39 is 11.9 Å². The van der Waals surface area contributed by atoms with Gasteiger partial charge in [0.25, 0.3) is 0 Å². The van der Waals surface area contributed by atoms with Crippen LogP contribution < -0.4 is 4.74 Å². The molecule has 0 saturated carbocycles. The van der Waals surface area contributed by atoms with E-state index in [9.17, 15) is 9.59 Å². The number of hydrogen-bond donors (Lipinski definition) is 0. The molecular weight excluding hydrogens is 374 g/mol. The number of carbonyl (C=O) groups excluding carboxylic acids is 2. The van der Waals surface area contributed by atoms with Gasteiger partial charge in [-0.2, -0.15) is 5.26 Å². The minimum Gasteiger partial charge on any atom is -0.465 e. The van der Waals surface area contributed by atoms with Gasteiger partial charge in [-0.15, -0.1) is 0 Å². The van der Waals surface area contributed by atoms with Gasteiger partial charge in [0, 0.05) is 4.47 Å². The van der Waals surface area contributed by atoms with Gasteiger partial charge in [0.15, 0.2) is 0 Å². The van der Waals surface area contributed by atoms with Crippen LogP contribution in [0.4, 0.5) is 0 Å². The van der Waals surface area contributed by atoms with Crippen LogP contribution in [0.25, 0.3) is 6.08 Å². The van der Waals surface area contributed by atoms with Crippen molar-refractivity contribution >= 4 is 33.9 Å². The van der Waals surface area contributed by atoms with Crippen molar-refractivity contribution in [1.29, 1.82) is 5.26 Å². The van der Waals surface area contributed by atoms with Gasteiger partial charge < -0.3 is 9.47 Å². The highest BCUT2D eigenvalue weighted by molar-refractivity contribution is 9.10. The first-order chi connectivity index (χ1) is 11.5. The number of esters is 2. The van der Waals surface area contributed by atoms with Crippen molar-refractivity contribution < 1.29 is 19.1 Å². The summed E-state index contributed by atoms with van der Waals surface area (Å²) in [5, 5.41) is 8.97. The zero-order chi connectivity index (χ0) is 17.5. The van der Waals surface area contributed by atoms with Crippen LogP contribution in [-0.2, 0) is 9.53 Å². The number of nitriles is 1. The average molecular weight is 386 g/mol. The van der Waals surface area contributed by atoms with E-state index in [1.54, 1.807) is 54.6 Å². The molecule has 0 amide bonds. The van der Waals surface area contributed by atoms with Gasteiger partial charge in [-0.1, -0.05) is 34.1 Å². The molecule has 0 saturated heterocycles. The van der Waals surface area contributed by atoms with Crippen LogP contribution in [0.2, 0.25) is 0 Å². The molecule has 2 aromatic carbocycles. The number of benzene rings is 2. The normalized spacial score (nSPS) is 10.6. The highest BCUT2D eigenvalue weighted by Gasteiger charge is 2.11. The SMILES string of the molecule is COC(=O)/C(C#N)=C/c1cccc(OC(=O)c2cccc(Br)c2)c1. The largest absolute Gasteiger partial charge is 0.465 e. The first-order valence-electron chi connectivity index (χ1n) is 6.81. The molecule has 0 N–H and O–H groups in total. The summed E-state index contributed by atoms with van der Waals surface area (Å²) in [5.74, 6) is -0.934. The smallest absolute Gasteiger partial charge is 0.348 e. The van der Waals surface area contributed by atoms with Crippen LogP contribution in [0.5, 0.6) is 5.75 Å². The Morgan fingerprint density at radius 1 is 1.17 bits per heavy atom. The fraction of sp³-hybridized carbons (Fsp3) is 0.0556. The van der Waals surface area contributed by atoms with Crippen LogP contribution in [0.15, 0.2) is 58.6 Å².